The molecule has 2 aromatic rings. The second-order valence-corrected chi connectivity index (χ2v) is 5.14. The molecular weight excluding hydrogens is 311 g/mol. The fourth-order valence-corrected chi connectivity index (χ4v) is 2.28. The third-order valence-electron chi connectivity index (χ3n) is 2.84. The molecule has 0 aliphatic heterocycles. The van der Waals surface area contributed by atoms with Gasteiger partial charge in [-0.3, -0.25) is 9.59 Å². The molecular formula is C16H12Cl2O3. The average molecular weight is 323 g/mol. The van der Waals surface area contributed by atoms with Crippen LogP contribution in [0.5, 0.6) is 0 Å². The Labute approximate surface area is 132 Å². The van der Waals surface area contributed by atoms with E-state index in [9.17, 15) is 9.59 Å². The van der Waals surface area contributed by atoms with Gasteiger partial charge in [0.2, 0.25) is 0 Å². The minimum absolute atomic E-state index is 0.0689. The summed E-state index contributed by atoms with van der Waals surface area (Å²) in [6, 6.07) is 13.6. The Morgan fingerprint density at radius 1 is 0.905 bits per heavy atom. The molecule has 5 heteroatoms. The van der Waals surface area contributed by atoms with E-state index in [-0.39, 0.29) is 18.8 Å². The van der Waals surface area contributed by atoms with Crippen molar-refractivity contribution in [1.29, 1.82) is 0 Å². The molecule has 0 N–H and O–H groups in total. The summed E-state index contributed by atoms with van der Waals surface area (Å²) >= 11 is 11.9. The summed E-state index contributed by atoms with van der Waals surface area (Å²) in [7, 11) is 0. The molecule has 0 fully saturated rings. The number of esters is 1. The highest BCUT2D eigenvalue weighted by Gasteiger charge is 2.14. The van der Waals surface area contributed by atoms with Crippen LogP contribution in [0.2, 0.25) is 10.0 Å². The highest BCUT2D eigenvalue weighted by molar-refractivity contribution is 6.36. The van der Waals surface area contributed by atoms with Crippen molar-refractivity contribution in [3.8, 4) is 0 Å². The highest BCUT2D eigenvalue weighted by atomic mass is 35.5. The Balaban J connectivity index is 1.92. The van der Waals surface area contributed by atoms with E-state index >= 15 is 0 Å². The predicted molar refractivity (Wildman–Crippen MR) is 81.9 cm³/mol. The fraction of sp³-hybridized carbons (Fsp3) is 0.125. The average Bonchev–Trinajstić information content (AvgIpc) is 2.49. The molecule has 0 unspecified atom stereocenters. The molecule has 21 heavy (non-hydrogen) atoms. The van der Waals surface area contributed by atoms with E-state index in [0.29, 0.717) is 21.2 Å². The van der Waals surface area contributed by atoms with Crippen LogP contribution in [0.3, 0.4) is 0 Å². The lowest BCUT2D eigenvalue weighted by Gasteiger charge is -2.07. The second kappa shape index (κ2) is 7.25. The summed E-state index contributed by atoms with van der Waals surface area (Å²) in [5, 5.41) is 0.794. The summed E-state index contributed by atoms with van der Waals surface area (Å²) in [6.07, 6.45) is -0.0689. The van der Waals surface area contributed by atoms with Crippen LogP contribution >= 0.6 is 23.2 Å². The van der Waals surface area contributed by atoms with E-state index in [0.717, 1.165) is 0 Å². The third kappa shape index (κ3) is 4.31. The normalized spacial score (nSPS) is 10.2. The molecule has 2 rings (SSSR count). The van der Waals surface area contributed by atoms with Gasteiger partial charge < -0.3 is 4.74 Å². The van der Waals surface area contributed by atoms with E-state index in [2.05, 4.69) is 0 Å². The Morgan fingerprint density at radius 3 is 2.14 bits per heavy atom. The molecule has 0 atom stereocenters. The zero-order chi connectivity index (χ0) is 15.2. The number of Topliss-reactive ketones (excluding diaryl/α,β-unsaturated/α-hetero) is 1. The van der Waals surface area contributed by atoms with Gasteiger partial charge >= 0.3 is 5.97 Å². The largest absolute Gasteiger partial charge is 0.457 e. The van der Waals surface area contributed by atoms with Crippen molar-refractivity contribution in [3.05, 3.63) is 69.7 Å². The van der Waals surface area contributed by atoms with Gasteiger partial charge in [-0.15, -0.1) is 0 Å². The molecule has 0 heterocycles. The minimum Gasteiger partial charge on any atom is -0.457 e. The summed E-state index contributed by atoms with van der Waals surface area (Å²) in [4.78, 5) is 23.6. The predicted octanol–water partition coefficient (Wildman–Crippen LogP) is 3.96. The molecule has 0 amide bonds. The van der Waals surface area contributed by atoms with Crippen LogP contribution in [-0.4, -0.2) is 18.4 Å². The Hall–Kier alpha value is -1.84. The van der Waals surface area contributed by atoms with Gasteiger partial charge in [0.25, 0.3) is 0 Å². The van der Waals surface area contributed by atoms with Crippen LogP contribution in [0, 0.1) is 0 Å². The van der Waals surface area contributed by atoms with Crippen molar-refractivity contribution < 1.29 is 14.3 Å². The minimum atomic E-state index is -0.547. The highest BCUT2D eigenvalue weighted by Crippen LogP contribution is 2.24. The van der Waals surface area contributed by atoms with E-state index in [1.54, 1.807) is 42.5 Å². The van der Waals surface area contributed by atoms with Crippen molar-refractivity contribution in [3.63, 3.8) is 0 Å². The Kier molecular flexibility index (Phi) is 5.37. The zero-order valence-corrected chi connectivity index (χ0v) is 12.5. The zero-order valence-electron chi connectivity index (χ0n) is 11.0. The van der Waals surface area contributed by atoms with E-state index < -0.39 is 5.97 Å². The van der Waals surface area contributed by atoms with Crippen molar-refractivity contribution in [2.75, 3.05) is 6.61 Å². The van der Waals surface area contributed by atoms with Crippen LogP contribution in [0.4, 0.5) is 0 Å². The molecule has 0 saturated carbocycles. The van der Waals surface area contributed by atoms with E-state index in [4.69, 9.17) is 27.9 Å². The number of rotatable bonds is 5. The molecule has 0 radical (unpaired) electrons. The third-order valence-corrected chi connectivity index (χ3v) is 3.55. The fourth-order valence-electron chi connectivity index (χ4n) is 1.75. The molecule has 0 aliphatic carbocycles. The summed E-state index contributed by atoms with van der Waals surface area (Å²) in [6.45, 7) is -0.301. The molecule has 108 valence electrons. The van der Waals surface area contributed by atoms with Gasteiger partial charge in [-0.05, 0) is 12.1 Å². The summed E-state index contributed by atoms with van der Waals surface area (Å²) in [5.41, 5.74) is 0.999. The van der Waals surface area contributed by atoms with Gasteiger partial charge in [0, 0.05) is 21.2 Å². The molecule has 3 nitrogen and oxygen atoms in total. The van der Waals surface area contributed by atoms with Gasteiger partial charge in [-0.1, -0.05) is 59.6 Å². The number of ether oxygens (including phenoxy) is 1. The molecule has 0 saturated heterocycles. The number of benzene rings is 2. The lowest BCUT2D eigenvalue weighted by molar-refractivity contribution is -0.141. The van der Waals surface area contributed by atoms with Crippen LogP contribution in [0.15, 0.2) is 48.5 Å². The molecule has 0 aromatic heterocycles. The number of carbonyl (C=O) groups is 2. The topological polar surface area (TPSA) is 43.4 Å². The molecule has 0 aliphatic rings. The number of hydrogen-bond donors (Lipinski definition) is 0. The monoisotopic (exact) mass is 322 g/mol. The second-order valence-electron chi connectivity index (χ2n) is 4.33. The Morgan fingerprint density at radius 2 is 1.52 bits per heavy atom. The van der Waals surface area contributed by atoms with Gasteiger partial charge in [0.05, 0.1) is 6.42 Å². The van der Waals surface area contributed by atoms with E-state index in [1.165, 1.54) is 0 Å². The number of ketones is 1. The van der Waals surface area contributed by atoms with Crippen molar-refractivity contribution in [1.82, 2.24) is 0 Å². The van der Waals surface area contributed by atoms with Crippen molar-refractivity contribution in [2.45, 2.75) is 6.42 Å². The lowest BCUT2D eigenvalue weighted by atomic mass is 10.1. The van der Waals surface area contributed by atoms with Gasteiger partial charge in [0.1, 0.15) is 0 Å². The van der Waals surface area contributed by atoms with Crippen LogP contribution in [0.25, 0.3) is 0 Å². The van der Waals surface area contributed by atoms with Gasteiger partial charge in [-0.25, -0.2) is 0 Å². The molecule has 2 aromatic carbocycles. The SMILES string of the molecule is O=C(Cc1c(Cl)cccc1Cl)OCC(=O)c1ccccc1. The quantitative estimate of drug-likeness (QED) is 0.618. The maximum absolute atomic E-state index is 11.8. The van der Waals surface area contributed by atoms with Crippen LogP contribution < -0.4 is 0 Å². The summed E-state index contributed by atoms with van der Waals surface area (Å²) < 4.78 is 4.97. The van der Waals surface area contributed by atoms with Gasteiger partial charge in [-0.2, -0.15) is 0 Å². The first kappa shape index (κ1) is 15.5. The summed E-state index contributed by atoms with van der Waals surface area (Å²) in [5.74, 6) is -0.802. The standard InChI is InChI=1S/C16H12Cl2O3/c17-13-7-4-8-14(18)12(13)9-16(20)21-10-15(19)11-5-2-1-3-6-11/h1-8H,9-10H2. The molecule has 0 bridgehead atoms. The number of carbonyl (C=O) groups excluding carboxylic acids is 2. The van der Waals surface area contributed by atoms with E-state index in [1.807, 2.05) is 6.07 Å². The first-order chi connectivity index (χ1) is 10.1. The smallest absolute Gasteiger partial charge is 0.310 e. The maximum Gasteiger partial charge on any atom is 0.310 e. The molecule has 0 spiro atoms. The number of halogens is 2. The first-order valence-corrected chi connectivity index (χ1v) is 7.00. The number of hydrogen-bond acceptors (Lipinski definition) is 3. The van der Waals surface area contributed by atoms with Crippen molar-refractivity contribution >= 4 is 35.0 Å². The lowest BCUT2D eigenvalue weighted by Crippen LogP contribution is -2.16. The first-order valence-electron chi connectivity index (χ1n) is 6.24. The van der Waals surface area contributed by atoms with Crippen molar-refractivity contribution in [2.24, 2.45) is 0 Å². The van der Waals surface area contributed by atoms with Gasteiger partial charge in [0.15, 0.2) is 12.4 Å². The maximum atomic E-state index is 11.8. The van der Waals surface area contributed by atoms with Crippen LogP contribution in [-0.2, 0) is 16.0 Å². The van der Waals surface area contributed by atoms with Crippen LogP contribution in [0.1, 0.15) is 15.9 Å². The Bertz CT molecular complexity index is 634.